The zero-order chi connectivity index (χ0) is 26.9. The van der Waals surface area contributed by atoms with Crippen molar-refractivity contribution in [3.8, 4) is 5.75 Å². The van der Waals surface area contributed by atoms with Gasteiger partial charge in [-0.25, -0.2) is 8.42 Å². The number of anilines is 1. The lowest BCUT2D eigenvalue weighted by Crippen LogP contribution is -2.52. The van der Waals surface area contributed by atoms with E-state index in [-0.39, 0.29) is 18.1 Å². The Hall–Kier alpha value is -2.49. The maximum absolute atomic E-state index is 13.8. The number of amides is 2. The molecule has 0 radical (unpaired) electrons. The molecule has 2 rings (SSSR count). The smallest absolute Gasteiger partial charge is 0.244 e. The second-order valence-electron chi connectivity index (χ2n) is 8.11. The van der Waals surface area contributed by atoms with Gasteiger partial charge in [-0.1, -0.05) is 55.2 Å². The normalized spacial score (nSPS) is 12.1. The Morgan fingerprint density at radius 1 is 1.03 bits per heavy atom. The average Bonchev–Trinajstić information content (AvgIpc) is 2.82. The van der Waals surface area contributed by atoms with E-state index < -0.39 is 28.5 Å². The van der Waals surface area contributed by atoms with Crippen LogP contribution in [-0.4, -0.2) is 57.1 Å². The Morgan fingerprint density at radius 3 is 2.22 bits per heavy atom. The van der Waals surface area contributed by atoms with Gasteiger partial charge in [0.25, 0.3) is 0 Å². The van der Waals surface area contributed by atoms with Crippen LogP contribution in [0.4, 0.5) is 5.69 Å². The average molecular weight is 559 g/mol. The van der Waals surface area contributed by atoms with Crippen LogP contribution in [0.15, 0.2) is 42.5 Å². The van der Waals surface area contributed by atoms with Gasteiger partial charge >= 0.3 is 0 Å². The molecule has 1 unspecified atom stereocenters. The Kier molecular flexibility index (Phi) is 11.3. The predicted octanol–water partition coefficient (Wildman–Crippen LogP) is 4.49. The number of benzene rings is 2. The van der Waals surface area contributed by atoms with E-state index in [2.05, 4.69) is 5.32 Å². The van der Waals surface area contributed by atoms with Gasteiger partial charge in [-0.2, -0.15) is 0 Å². The largest absolute Gasteiger partial charge is 0.492 e. The van der Waals surface area contributed by atoms with Gasteiger partial charge in [0.05, 0.1) is 18.6 Å². The quantitative estimate of drug-likeness (QED) is 0.391. The number of para-hydroxylation sites is 2. The lowest BCUT2D eigenvalue weighted by molar-refractivity contribution is -0.140. The molecule has 2 aromatic carbocycles. The van der Waals surface area contributed by atoms with Crippen LogP contribution in [0.2, 0.25) is 10.0 Å². The zero-order valence-corrected chi connectivity index (χ0v) is 23.3. The molecule has 0 fully saturated rings. The molecule has 0 heterocycles. The van der Waals surface area contributed by atoms with Crippen molar-refractivity contribution in [3.63, 3.8) is 0 Å². The standard InChI is InChI=1S/C25H33Cl2N3O5S/c1-5-15-28-25(32)21(6-2)29(16-18-19(26)11-10-12-20(18)27)24(31)17-30(36(4,33)34)22-13-8-9-14-23(22)35-7-3/h8-14,21H,5-7,15-17H2,1-4H3,(H,28,32). The topological polar surface area (TPSA) is 96.0 Å². The van der Waals surface area contributed by atoms with Gasteiger partial charge < -0.3 is 15.0 Å². The van der Waals surface area contributed by atoms with E-state index in [0.717, 1.165) is 17.0 Å². The van der Waals surface area contributed by atoms with Gasteiger partial charge in [0.1, 0.15) is 18.3 Å². The minimum Gasteiger partial charge on any atom is -0.492 e. The SMILES string of the molecule is CCCNC(=O)C(CC)N(Cc1c(Cl)cccc1Cl)C(=O)CN(c1ccccc1OCC)S(C)(=O)=O. The molecule has 0 aromatic heterocycles. The number of carbonyl (C=O) groups is 2. The molecule has 0 aliphatic heterocycles. The molecule has 0 bridgehead atoms. The highest BCUT2D eigenvalue weighted by Gasteiger charge is 2.33. The molecular formula is C25H33Cl2N3O5S. The van der Waals surface area contributed by atoms with Crippen LogP contribution in [-0.2, 0) is 26.2 Å². The maximum atomic E-state index is 13.8. The van der Waals surface area contributed by atoms with E-state index in [4.69, 9.17) is 27.9 Å². The van der Waals surface area contributed by atoms with Gasteiger partial charge in [0.15, 0.2) is 0 Å². The molecule has 0 saturated heterocycles. The lowest BCUT2D eigenvalue weighted by Gasteiger charge is -2.33. The summed E-state index contributed by atoms with van der Waals surface area (Å²) < 4.78 is 32.2. The third kappa shape index (κ3) is 7.75. The van der Waals surface area contributed by atoms with Crippen LogP contribution in [0.5, 0.6) is 5.75 Å². The van der Waals surface area contributed by atoms with E-state index in [9.17, 15) is 18.0 Å². The van der Waals surface area contributed by atoms with Crippen LogP contribution in [0, 0.1) is 0 Å². The number of nitrogens with one attached hydrogen (secondary N) is 1. The van der Waals surface area contributed by atoms with Crippen LogP contribution in [0.25, 0.3) is 0 Å². The van der Waals surface area contributed by atoms with Crippen LogP contribution < -0.4 is 14.4 Å². The minimum absolute atomic E-state index is 0.0693. The molecular weight excluding hydrogens is 525 g/mol. The highest BCUT2D eigenvalue weighted by molar-refractivity contribution is 7.92. The van der Waals surface area contributed by atoms with Gasteiger partial charge in [0.2, 0.25) is 21.8 Å². The highest BCUT2D eigenvalue weighted by Crippen LogP contribution is 2.31. The van der Waals surface area contributed by atoms with E-state index in [1.54, 1.807) is 56.3 Å². The fourth-order valence-electron chi connectivity index (χ4n) is 3.67. The first-order valence-electron chi connectivity index (χ1n) is 11.7. The van der Waals surface area contributed by atoms with Crippen molar-refractivity contribution in [2.45, 2.75) is 46.2 Å². The van der Waals surface area contributed by atoms with E-state index in [1.807, 2.05) is 6.92 Å². The molecule has 0 aliphatic carbocycles. The summed E-state index contributed by atoms with van der Waals surface area (Å²) in [5, 5.41) is 3.50. The van der Waals surface area contributed by atoms with Crippen molar-refractivity contribution in [1.82, 2.24) is 10.2 Å². The maximum Gasteiger partial charge on any atom is 0.244 e. The molecule has 0 aliphatic rings. The van der Waals surface area contributed by atoms with Crippen molar-refractivity contribution in [3.05, 3.63) is 58.1 Å². The van der Waals surface area contributed by atoms with Gasteiger partial charge in [-0.15, -0.1) is 0 Å². The summed E-state index contributed by atoms with van der Waals surface area (Å²) >= 11 is 12.7. The molecule has 1 N–H and O–H groups in total. The summed E-state index contributed by atoms with van der Waals surface area (Å²) in [4.78, 5) is 28.1. The molecule has 2 amide bonds. The summed E-state index contributed by atoms with van der Waals surface area (Å²) in [6.45, 7) is 5.64. The molecule has 0 saturated carbocycles. The van der Waals surface area contributed by atoms with Crippen LogP contribution in [0.3, 0.4) is 0 Å². The second kappa shape index (κ2) is 13.7. The number of ether oxygens (including phenoxy) is 1. The summed E-state index contributed by atoms with van der Waals surface area (Å²) in [6, 6.07) is 10.7. The second-order valence-corrected chi connectivity index (χ2v) is 10.8. The lowest BCUT2D eigenvalue weighted by atomic mass is 10.1. The fourth-order valence-corrected chi connectivity index (χ4v) is 5.04. The Balaban J connectivity index is 2.53. The van der Waals surface area contributed by atoms with Gasteiger partial charge in [0, 0.05) is 28.7 Å². The molecule has 11 heteroatoms. The number of halogens is 2. The third-order valence-electron chi connectivity index (χ3n) is 5.44. The molecule has 36 heavy (non-hydrogen) atoms. The number of carbonyl (C=O) groups excluding carboxylic acids is 2. The van der Waals surface area contributed by atoms with E-state index in [0.29, 0.717) is 40.9 Å². The summed E-state index contributed by atoms with van der Waals surface area (Å²) in [5.41, 5.74) is 0.700. The molecule has 1 atom stereocenters. The molecule has 8 nitrogen and oxygen atoms in total. The summed E-state index contributed by atoms with van der Waals surface area (Å²) in [7, 11) is -3.89. The first-order chi connectivity index (χ1) is 17.0. The molecule has 2 aromatic rings. The Labute approximate surface area is 223 Å². The number of hydrogen-bond acceptors (Lipinski definition) is 5. The third-order valence-corrected chi connectivity index (χ3v) is 7.27. The first-order valence-corrected chi connectivity index (χ1v) is 14.3. The molecule has 198 valence electrons. The van der Waals surface area contributed by atoms with Crippen molar-refractivity contribution >= 4 is 50.7 Å². The van der Waals surface area contributed by atoms with Crippen molar-refractivity contribution in [1.29, 1.82) is 0 Å². The van der Waals surface area contributed by atoms with Crippen molar-refractivity contribution in [2.24, 2.45) is 0 Å². The van der Waals surface area contributed by atoms with E-state index in [1.165, 1.54) is 4.90 Å². The van der Waals surface area contributed by atoms with E-state index >= 15 is 0 Å². The number of hydrogen-bond donors (Lipinski definition) is 1. The highest BCUT2D eigenvalue weighted by atomic mass is 35.5. The van der Waals surface area contributed by atoms with Gasteiger partial charge in [-0.05, 0) is 44.0 Å². The fraction of sp³-hybridized carbons (Fsp3) is 0.440. The van der Waals surface area contributed by atoms with Crippen LogP contribution >= 0.6 is 23.2 Å². The zero-order valence-electron chi connectivity index (χ0n) is 21.0. The van der Waals surface area contributed by atoms with Crippen molar-refractivity contribution < 1.29 is 22.7 Å². The van der Waals surface area contributed by atoms with Crippen LogP contribution in [0.1, 0.15) is 39.2 Å². The Morgan fingerprint density at radius 2 is 1.67 bits per heavy atom. The number of nitrogens with zero attached hydrogens (tertiary/aromatic N) is 2. The summed E-state index contributed by atoms with van der Waals surface area (Å²) in [5.74, 6) is -0.593. The first kappa shape index (κ1) is 29.7. The van der Waals surface area contributed by atoms with Crippen molar-refractivity contribution in [2.75, 3.05) is 30.3 Å². The summed E-state index contributed by atoms with van der Waals surface area (Å²) in [6.07, 6.45) is 2.05. The minimum atomic E-state index is -3.89. The number of rotatable bonds is 13. The van der Waals surface area contributed by atoms with Gasteiger partial charge in [-0.3, -0.25) is 13.9 Å². The predicted molar refractivity (Wildman–Crippen MR) is 144 cm³/mol. The Bertz CT molecular complexity index is 1140. The molecule has 0 spiro atoms. The monoisotopic (exact) mass is 557 g/mol. The number of sulfonamides is 1.